The molecule has 0 bridgehead atoms. The third-order valence-electron chi connectivity index (χ3n) is 5.87. The number of benzene rings is 1. The van der Waals surface area contributed by atoms with Crippen molar-refractivity contribution in [3.8, 4) is 0 Å². The van der Waals surface area contributed by atoms with E-state index in [-0.39, 0.29) is 35.7 Å². The molecular weight excluding hydrogens is 398 g/mol. The molecule has 7 heteroatoms. The molecule has 158 valence electrons. The maximum Gasteiger partial charge on any atom is 0.293 e. The molecule has 2 aliphatic rings. The molecule has 0 unspecified atom stereocenters. The Morgan fingerprint density at radius 2 is 2.00 bits per heavy atom. The number of amides is 3. The summed E-state index contributed by atoms with van der Waals surface area (Å²) in [7, 11) is 0. The number of hydrogen-bond acceptors (Lipinski definition) is 4. The first-order chi connectivity index (χ1) is 14.4. The average molecular weight is 426 g/mol. The van der Waals surface area contributed by atoms with Gasteiger partial charge in [0, 0.05) is 41.3 Å². The molecule has 4 rings (SSSR count). The number of carbonyl (C=O) groups is 3. The summed E-state index contributed by atoms with van der Waals surface area (Å²) in [5.41, 5.74) is 1.80. The van der Waals surface area contributed by atoms with Crippen LogP contribution in [0.2, 0.25) is 0 Å². The highest BCUT2D eigenvalue weighted by Crippen LogP contribution is 2.35. The molecule has 2 aromatic rings. The molecule has 2 fully saturated rings. The Morgan fingerprint density at radius 3 is 2.70 bits per heavy atom. The third-order valence-corrected chi connectivity index (χ3v) is 6.76. The van der Waals surface area contributed by atoms with Crippen molar-refractivity contribution in [3.05, 3.63) is 40.9 Å². The van der Waals surface area contributed by atoms with Gasteiger partial charge in [-0.05, 0) is 63.9 Å². The number of thioether (sulfide) groups is 1. The van der Waals surface area contributed by atoms with Crippen LogP contribution in [0.1, 0.15) is 45.6 Å². The predicted octanol–water partition coefficient (Wildman–Crippen LogP) is 4.49. The molecule has 0 aliphatic carbocycles. The van der Waals surface area contributed by atoms with Gasteiger partial charge in [0.2, 0.25) is 5.91 Å². The zero-order valence-corrected chi connectivity index (χ0v) is 18.4. The predicted molar refractivity (Wildman–Crippen MR) is 120 cm³/mol. The van der Waals surface area contributed by atoms with E-state index in [0.29, 0.717) is 4.91 Å². The minimum Gasteiger partial charge on any atom is -0.338 e. The van der Waals surface area contributed by atoms with Gasteiger partial charge in [-0.3, -0.25) is 19.3 Å². The van der Waals surface area contributed by atoms with Crippen LogP contribution in [0.25, 0.3) is 17.0 Å². The fourth-order valence-corrected chi connectivity index (χ4v) is 5.24. The molecule has 1 aromatic heterocycles. The number of carbonyl (C=O) groups excluding carboxylic acids is 3. The van der Waals surface area contributed by atoms with Gasteiger partial charge < -0.3 is 9.47 Å². The minimum absolute atomic E-state index is 0.120. The van der Waals surface area contributed by atoms with Crippen molar-refractivity contribution in [2.45, 2.75) is 58.7 Å². The molecular formula is C23H27N3O3S. The zero-order valence-electron chi connectivity index (χ0n) is 17.6. The van der Waals surface area contributed by atoms with Crippen LogP contribution < -0.4 is 0 Å². The Morgan fingerprint density at radius 1 is 1.23 bits per heavy atom. The molecule has 0 saturated carbocycles. The molecule has 6 nitrogen and oxygen atoms in total. The first kappa shape index (κ1) is 20.7. The maximum absolute atomic E-state index is 13.0. The largest absolute Gasteiger partial charge is 0.338 e. The lowest BCUT2D eigenvalue weighted by molar-refractivity contribution is -0.135. The van der Waals surface area contributed by atoms with E-state index in [4.69, 9.17) is 0 Å². The second-order valence-electron chi connectivity index (χ2n) is 8.31. The first-order valence-corrected chi connectivity index (χ1v) is 11.3. The average Bonchev–Trinajstić information content (AvgIpc) is 3.19. The first-order valence-electron chi connectivity index (χ1n) is 10.5. The van der Waals surface area contributed by atoms with Crippen molar-refractivity contribution < 1.29 is 14.4 Å². The second kappa shape index (κ2) is 8.30. The number of nitrogens with zero attached hydrogens (tertiary/aromatic N) is 3. The van der Waals surface area contributed by atoms with E-state index in [2.05, 4.69) is 6.92 Å². The van der Waals surface area contributed by atoms with E-state index in [0.717, 1.165) is 47.6 Å². The number of imide groups is 1. The second-order valence-corrected chi connectivity index (χ2v) is 9.30. The van der Waals surface area contributed by atoms with Crippen molar-refractivity contribution >= 4 is 45.8 Å². The van der Waals surface area contributed by atoms with Crippen LogP contribution in [0.5, 0.6) is 0 Å². The SMILES string of the molecule is CC(C)N1C(=O)S/C(=C\c2cn(CC(=O)N3CCCC[C@@H]3C)c3ccccc23)C1=O. The quantitative estimate of drug-likeness (QED) is 0.677. The molecule has 2 saturated heterocycles. The maximum atomic E-state index is 13.0. The summed E-state index contributed by atoms with van der Waals surface area (Å²) in [5, 5.41) is 0.729. The molecule has 30 heavy (non-hydrogen) atoms. The standard InChI is InChI=1S/C23H27N3O3S/c1-15(2)26-22(28)20(30-23(26)29)12-17-13-24(19-10-5-4-9-18(17)19)14-21(27)25-11-7-6-8-16(25)3/h4-5,9-10,12-13,15-16H,6-8,11,14H2,1-3H3/b20-12-/t16-/m0/s1. The van der Waals surface area contributed by atoms with Crippen LogP contribution in [0.15, 0.2) is 35.4 Å². The van der Waals surface area contributed by atoms with Crippen molar-refractivity contribution in [2.24, 2.45) is 0 Å². The molecule has 3 amide bonds. The molecule has 1 aromatic carbocycles. The topological polar surface area (TPSA) is 62.6 Å². The Balaban J connectivity index is 1.66. The fourth-order valence-electron chi connectivity index (χ4n) is 4.29. The van der Waals surface area contributed by atoms with E-state index in [9.17, 15) is 14.4 Å². The van der Waals surface area contributed by atoms with Crippen LogP contribution in [-0.2, 0) is 16.1 Å². The summed E-state index contributed by atoms with van der Waals surface area (Å²) in [6.07, 6.45) is 6.97. The highest BCUT2D eigenvalue weighted by molar-refractivity contribution is 8.18. The van der Waals surface area contributed by atoms with Crippen LogP contribution in [0.4, 0.5) is 4.79 Å². The van der Waals surface area contributed by atoms with Crippen molar-refractivity contribution in [1.82, 2.24) is 14.4 Å². The Hall–Kier alpha value is -2.54. The van der Waals surface area contributed by atoms with Gasteiger partial charge in [-0.25, -0.2) is 0 Å². The van der Waals surface area contributed by atoms with E-state index < -0.39 is 0 Å². The smallest absolute Gasteiger partial charge is 0.293 e. The molecule has 1 atom stereocenters. The van der Waals surface area contributed by atoms with Gasteiger partial charge >= 0.3 is 0 Å². The van der Waals surface area contributed by atoms with E-state index >= 15 is 0 Å². The van der Waals surface area contributed by atoms with E-state index in [1.807, 2.05) is 53.8 Å². The summed E-state index contributed by atoms with van der Waals surface area (Å²) < 4.78 is 1.96. The molecule has 0 N–H and O–H groups in total. The van der Waals surface area contributed by atoms with Crippen molar-refractivity contribution in [3.63, 3.8) is 0 Å². The summed E-state index contributed by atoms with van der Waals surface area (Å²) in [4.78, 5) is 41.6. The molecule has 0 radical (unpaired) electrons. The lowest BCUT2D eigenvalue weighted by Crippen LogP contribution is -2.43. The summed E-state index contributed by atoms with van der Waals surface area (Å²) in [5.74, 6) is -0.135. The minimum atomic E-state index is -0.255. The van der Waals surface area contributed by atoms with E-state index in [1.165, 1.54) is 11.3 Å². The third kappa shape index (κ3) is 3.78. The summed E-state index contributed by atoms with van der Waals surface area (Å²) >= 11 is 0.974. The van der Waals surface area contributed by atoms with E-state index in [1.54, 1.807) is 6.08 Å². The van der Waals surface area contributed by atoms with Crippen LogP contribution in [0, 0.1) is 0 Å². The Kier molecular flexibility index (Phi) is 5.73. The van der Waals surface area contributed by atoms with Crippen LogP contribution >= 0.6 is 11.8 Å². The molecule has 3 heterocycles. The van der Waals surface area contributed by atoms with Gasteiger partial charge in [0.05, 0.1) is 4.91 Å². The number of fused-ring (bicyclic) bond motifs is 1. The Labute approximate surface area is 180 Å². The van der Waals surface area contributed by atoms with Crippen LogP contribution in [-0.4, -0.2) is 50.0 Å². The highest BCUT2D eigenvalue weighted by Gasteiger charge is 2.36. The van der Waals surface area contributed by atoms with Gasteiger partial charge in [-0.1, -0.05) is 18.2 Å². The van der Waals surface area contributed by atoms with Crippen molar-refractivity contribution in [1.29, 1.82) is 0 Å². The number of para-hydroxylation sites is 1. The van der Waals surface area contributed by atoms with Gasteiger partial charge in [-0.2, -0.15) is 0 Å². The Bertz CT molecular complexity index is 1040. The highest BCUT2D eigenvalue weighted by atomic mass is 32.2. The number of hydrogen-bond donors (Lipinski definition) is 0. The van der Waals surface area contributed by atoms with Gasteiger partial charge in [0.1, 0.15) is 6.54 Å². The molecule has 2 aliphatic heterocycles. The number of aromatic nitrogens is 1. The normalized spacial score (nSPS) is 21.5. The zero-order chi connectivity index (χ0) is 21.4. The van der Waals surface area contributed by atoms with Gasteiger partial charge in [0.25, 0.3) is 11.1 Å². The fraction of sp³-hybridized carbons (Fsp3) is 0.435. The monoisotopic (exact) mass is 425 g/mol. The molecule has 0 spiro atoms. The number of rotatable bonds is 4. The van der Waals surface area contributed by atoms with Crippen LogP contribution in [0.3, 0.4) is 0 Å². The lowest BCUT2D eigenvalue weighted by Gasteiger charge is -2.33. The lowest BCUT2D eigenvalue weighted by atomic mass is 10.0. The van der Waals surface area contributed by atoms with Crippen molar-refractivity contribution in [2.75, 3.05) is 6.54 Å². The summed E-state index contributed by atoms with van der Waals surface area (Å²) in [6, 6.07) is 7.96. The number of likely N-dealkylation sites (tertiary alicyclic amines) is 1. The van der Waals surface area contributed by atoms with Gasteiger partial charge in [-0.15, -0.1) is 0 Å². The number of piperidine rings is 1. The van der Waals surface area contributed by atoms with Gasteiger partial charge in [0.15, 0.2) is 0 Å². The summed E-state index contributed by atoms with van der Waals surface area (Å²) in [6.45, 7) is 6.86.